The van der Waals surface area contributed by atoms with Gasteiger partial charge in [0, 0.05) is 5.75 Å². The number of nitriles is 1. The summed E-state index contributed by atoms with van der Waals surface area (Å²) in [6, 6.07) is 2.10. The molecule has 0 bridgehead atoms. The minimum atomic E-state index is -1.29. The van der Waals surface area contributed by atoms with E-state index in [0.29, 0.717) is 12.2 Å². The van der Waals surface area contributed by atoms with Crippen LogP contribution in [0.5, 0.6) is 0 Å². The maximum Gasteiger partial charge on any atom is 0.114 e. The lowest BCUT2D eigenvalue weighted by molar-refractivity contribution is 0.480. The predicted octanol–water partition coefficient (Wildman–Crippen LogP) is 1.83. The molecular formula is C6H10ClNOS. The van der Waals surface area contributed by atoms with Gasteiger partial charge in [0.2, 0.25) is 0 Å². The Bertz CT molecular complexity index is 173. The van der Waals surface area contributed by atoms with Crippen molar-refractivity contribution < 1.29 is 4.21 Å². The minimum absolute atomic E-state index is 0.391. The Morgan fingerprint density at radius 3 is 2.50 bits per heavy atom. The standard InChI is InChI=1S/C6H10ClNOS/c1-6(2,5-8)3-4-10(7)9/h3-4H2,1-2H3. The molecule has 0 saturated heterocycles. The van der Waals surface area contributed by atoms with E-state index in [4.69, 9.17) is 15.9 Å². The summed E-state index contributed by atoms with van der Waals surface area (Å²) in [5, 5.41) is 8.51. The molecule has 0 heterocycles. The first-order chi connectivity index (χ1) is 4.48. The zero-order chi connectivity index (χ0) is 8.20. The fourth-order valence-corrected chi connectivity index (χ4v) is 1.29. The fourth-order valence-electron chi connectivity index (χ4n) is 0.391. The van der Waals surface area contributed by atoms with Gasteiger partial charge in [0.25, 0.3) is 0 Å². The molecule has 4 heteroatoms. The number of rotatable bonds is 3. The van der Waals surface area contributed by atoms with E-state index in [2.05, 4.69) is 6.07 Å². The SMILES string of the molecule is CC(C)(C#N)CCS(=O)Cl. The van der Waals surface area contributed by atoms with Crippen molar-refractivity contribution >= 4 is 20.7 Å². The average Bonchev–Trinajstić information content (AvgIpc) is 1.85. The zero-order valence-electron chi connectivity index (χ0n) is 6.06. The summed E-state index contributed by atoms with van der Waals surface area (Å²) in [6.07, 6.45) is 0.583. The Balaban J connectivity index is 3.71. The molecule has 0 aromatic carbocycles. The van der Waals surface area contributed by atoms with E-state index in [1.54, 1.807) is 13.8 Å². The van der Waals surface area contributed by atoms with E-state index in [1.165, 1.54) is 0 Å². The summed E-state index contributed by atoms with van der Waals surface area (Å²) in [5.41, 5.74) is -0.398. The maximum absolute atomic E-state index is 10.4. The second-order valence-electron chi connectivity index (χ2n) is 2.74. The third-order valence-electron chi connectivity index (χ3n) is 1.19. The zero-order valence-corrected chi connectivity index (χ0v) is 7.63. The Hall–Kier alpha value is -0.0700. The highest BCUT2D eigenvalue weighted by molar-refractivity contribution is 8.08. The molecule has 1 unspecified atom stereocenters. The van der Waals surface area contributed by atoms with Gasteiger partial charge in [-0.25, -0.2) is 4.21 Å². The van der Waals surface area contributed by atoms with E-state index in [9.17, 15) is 4.21 Å². The van der Waals surface area contributed by atoms with Crippen molar-refractivity contribution in [3.8, 4) is 6.07 Å². The first-order valence-corrected chi connectivity index (χ1v) is 5.08. The molecule has 0 radical (unpaired) electrons. The quantitative estimate of drug-likeness (QED) is 0.621. The van der Waals surface area contributed by atoms with E-state index in [0.717, 1.165) is 0 Å². The monoisotopic (exact) mass is 179 g/mol. The Morgan fingerprint density at radius 2 is 2.20 bits per heavy atom. The van der Waals surface area contributed by atoms with Crippen LogP contribution < -0.4 is 0 Å². The Morgan fingerprint density at radius 1 is 1.70 bits per heavy atom. The molecule has 2 nitrogen and oxygen atoms in total. The van der Waals surface area contributed by atoms with Gasteiger partial charge in [-0.1, -0.05) is 0 Å². The summed E-state index contributed by atoms with van der Waals surface area (Å²) in [7, 11) is 3.91. The van der Waals surface area contributed by atoms with Gasteiger partial charge >= 0.3 is 0 Å². The van der Waals surface area contributed by atoms with Crippen LogP contribution in [0.25, 0.3) is 0 Å². The number of hydrogen-bond acceptors (Lipinski definition) is 2. The molecule has 0 N–H and O–H groups in total. The van der Waals surface area contributed by atoms with Crippen LogP contribution in [0.15, 0.2) is 0 Å². The lowest BCUT2D eigenvalue weighted by Crippen LogP contribution is -2.10. The van der Waals surface area contributed by atoms with Gasteiger partial charge < -0.3 is 0 Å². The summed E-state index contributed by atoms with van der Waals surface area (Å²) >= 11 is 0. The van der Waals surface area contributed by atoms with Gasteiger partial charge in [-0.05, 0) is 31.0 Å². The van der Waals surface area contributed by atoms with Gasteiger partial charge in [0.1, 0.15) is 10.0 Å². The minimum Gasteiger partial charge on any atom is -0.243 e. The molecule has 0 aliphatic carbocycles. The molecule has 0 aliphatic rings. The lowest BCUT2D eigenvalue weighted by atomic mass is 9.93. The van der Waals surface area contributed by atoms with Crippen LogP contribution in [-0.4, -0.2) is 9.96 Å². The second kappa shape index (κ2) is 3.95. The number of halogens is 1. The van der Waals surface area contributed by atoms with Gasteiger partial charge in [-0.15, -0.1) is 0 Å². The summed E-state index contributed by atoms with van der Waals surface area (Å²) in [6.45, 7) is 3.60. The Kier molecular flexibility index (Phi) is 3.92. The summed E-state index contributed by atoms with van der Waals surface area (Å²) in [4.78, 5) is 0. The molecule has 1 atom stereocenters. The first-order valence-electron chi connectivity index (χ1n) is 2.94. The Labute approximate surface area is 68.1 Å². The molecule has 0 aromatic heterocycles. The molecule has 0 fully saturated rings. The van der Waals surface area contributed by atoms with Crippen LogP contribution in [0, 0.1) is 16.7 Å². The van der Waals surface area contributed by atoms with Crippen LogP contribution in [-0.2, 0) is 10.0 Å². The van der Waals surface area contributed by atoms with Crippen molar-refractivity contribution in [2.75, 3.05) is 5.75 Å². The maximum atomic E-state index is 10.4. The third-order valence-corrected chi connectivity index (χ3v) is 2.18. The highest BCUT2D eigenvalue weighted by Gasteiger charge is 2.16. The van der Waals surface area contributed by atoms with Crippen molar-refractivity contribution in [3.05, 3.63) is 0 Å². The topological polar surface area (TPSA) is 40.9 Å². The molecule has 0 rings (SSSR count). The van der Waals surface area contributed by atoms with Crippen molar-refractivity contribution in [1.29, 1.82) is 5.26 Å². The van der Waals surface area contributed by atoms with Crippen LogP contribution in [0.2, 0.25) is 0 Å². The van der Waals surface area contributed by atoms with Crippen LogP contribution in [0.1, 0.15) is 20.3 Å². The van der Waals surface area contributed by atoms with Gasteiger partial charge in [0.05, 0.1) is 11.5 Å². The van der Waals surface area contributed by atoms with E-state index < -0.39 is 15.4 Å². The predicted molar refractivity (Wildman–Crippen MR) is 42.9 cm³/mol. The van der Waals surface area contributed by atoms with Crippen molar-refractivity contribution in [3.63, 3.8) is 0 Å². The molecule has 0 aromatic rings. The van der Waals surface area contributed by atoms with Gasteiger partial charge in [0.15, 0.2) is 0 Å². The van der Waals surface area contributed by atoms with Crippen LogP contribution in [0.4, 0.5) is 0 Å². The van der Waals surface area contributed by atoms with E-state index in [-0.39, 0.29) is 0 Å². The number of nitrogens with zero attached hydrogens (tertiary/aromatic N) is 1. The van der Waals surface area contributed by atoms with Crippen molar-refractivity contribution in [2.45, 2.75) is 20.3 Å². The summed E-state index contributed by atoms with van der Waals surface area (Å²) < 4.78 is 10.4. The molecule has 58 valence electrons. The van der Waals surface area contributed by atoms with Crippen molar-refractivity contribution in [2.24, 2.45) is 5.41 Å². The van der Waals surface area contributed by atoms with Gasteiger partial charge in [-0.2, -0.15) is 5.26 Å². The molecule has 0 saturated carbocycles. The van der Waals surface area contributed by atoms with Crippen molar-refractivity contribution in [1.82, 2.24) is 0 Å². The molecule has 10 heavy (non-hydrogen) atoms. The summed E-state index contributed by atoms with van der Waals surface area (Å²) in [5.74, 6) is 0.391. The molecular weight excluding hydrogens is 170 g/mol. The second-order valence-corrected chi connectivity index (χ2v) is 4.76. The van der Waals surface area contributed by atoms with Gasteiger partial charge in [-0.3, -0.25) is 0 Å². The smallest absolute Gasteiger partial charge is 0.114 e. The highest BCUT2D eigenvalue weighted by atomic mass is 35.7. The average molecular weight is 180 g/mol. The fraction of sp³-hybridized carbons (Fsp3) is 0.833. The molecule has 0 aliphatic heterocycles. The van der Waals surface area contributed by atoms with Crippen LogP contribution in [0.3, 0.4) is 0 Å². The first kappa shape index (κ1) is 9.93. The lowest BCUT2D eigenvalue weighted by Gasteiger charge is -2.11. The largest absolute Gasteiger partial charge is 0.243 e. The normalized spacial score (nSPS) is 14.2. The highest BCUT2D eigenvalue weighted by Crippen LogP contribution is 2.18. The van der Waals surface area contributed by atoms with Crippen LogP contribution >= 0.6 is 10.7 Å². The molecule has 0 spiro atoms. The van der Waals surface area contributed by atoms with E-state index >= 15 is 0 Å². The molecule has 0 amide bonds. The number of hydrogen-bond donors (Lipinski definition) is 0. The van der Waals surface area contributed by atoms with E-state index in [1.807, 2.05) is 0 Å². The third kappa shape index (κ3) is 4.78.